The quantitative estimate of drug-likeness (QED) is 0.578. The van der Waals surface area contributed by atoms with Crippen molar-refractivity contribution in [2.75, 3.05) is 46.8 Å². The van der Waals surface area contributed by atoms with E-state index in [4.69, 9.17) is 5.26 Å². The van der Waals surface area contributed by atoms with Crippen LogP contribution in [0.2, 0.25) is 0 Å². The number of rotatable bonds is 7. The summed E-state index contributed by atoms with van der Waals surface area (Å²) in [7, 11) is -4.33. The van der Waals surface area contributed by atoms with Crippen molar-refractivity contribution in [3.8, 4) is 6.07 Å². The predicted octanol–water partition coefficient (Wildman–Crippen LogP) is -0.557. The zero-order valence-corrected chi connectivity index (χ0v) is 17.3. The average molecular weight is 430 g/mol. The molecule has 1 aromatic carbocycles. The van der Waals surface area contributed by atoms with Crippen molar-refractivity contribution >= 4 is 26.1 Å². The van der Waals surface area contributed by atoms with E-state index in [0.29, 0.717) is 5.56 Å². The molecule has 0 bridgehead atoms. The van der Waals surface area contributed by atoms with Gasteiger partial charge in [0.1, 0.15) is 0 Å². The summed E-state index contributed by atoms with van der Waals surface area (Å²) < 4.78 is 53.2. The van der Waals surface area contributed by atoms with Crippen LogP contribution in [-0.4, -0.2) is 83.1 Å². The van der Waals surface area contributed by atoms with E-state index in [2.05, 4.69) is 4.72 Å². The van der Waals surface area contributed by atoms with Gasteiger partial charge in [-0.1, -0.05) is 0 Å². The van der Waals surface area contributed by atoms with Crippen molar-refractivity contribution < 1.29 is 21.6 Å². The molecule has 154 valence electrons. The van der Waals surface area contributed by atoms with Gasteiger partial charge in [-0.05, 0) is 24.3 Å². The number of nitriles is 1. The van der Waals surface area contributed by atoms with E-state index in [1.54, 1.807) is 0 Å². The standard InChI is InChI=1S/C16H23N5O5S2/c1-19(2)28(25,26)21-12-10-20(11-13-21)16(22)14-4-6-15(7-5-14)27(23,24)18-9-3-8-17/h4-7,18H,3,9-13H2,1-2H3. The van der Waals surface area contributed by atoms with Crippen LogP contribution in [0.4, 0.5) is 0 Å². The topological polar surface area (TPSA) is 131 Å². The molecule has 0 aromatic heterocycles. The Balaban J connectivity index is 2.02. The van der Waals surface area contributed by atoms with Crippen molar-refractivity contribution in [2.45, 2.75) is 11.3 Å². The lowest BCUT2D eigenvalue weighted by Crippen LogP contribution is -2.53. The van der Waals surface area contributed by atoms with Crippen LogP contribution in [0.15, 0.2) is 29.2 Å². The van der Waals surface area contributed by atoms with Gasteiger partial charge < -0.3 is 4.90 Å². The van der Waals surface area contributed by atoms with Crippen LogP contribution in [0.25, 0.3) is 0 Å². The van der Waals surface area contributed by atoms with Gasteiger partial charge in [0, 0.05) is 58.8 Å². The minimum absolute atomic E-state index is 0.00360. The molecule has 0 radical (unpaired) electrons. The first-order chi connectivity index (χ1) is 13.1. The molecule has 1 aromatic rings. The van der Waals surface area contributed by atoms with Gasteiger partial charge in [-0.3, -0.25) is 4.79 Å². The van der Waals surface area contributed by atoms with Crippen LogP contribution in [0.5, 0.6) is 0 Å². The Hall–Kier alpha value is -2.04. The van der Waals surface area contributed by atoms with Crippen LogP contribution in [0, 0.1) is 11.3 Å². The van der Waals surface area contributed by atoms with Gasteiger partial charge in [-0.2, -0.15) is 22.3 Å². The van der Waals surface area contributed by atoms with Gasteiger partial charge in [0.2, 0.25) is 10.0 Å². The first kappa shape index (κ1) is 22.3. The fourth-order valence-electron chi connectivity index (χ4n) is 2.64. The Labute approximate surface area is 165 Å². The molecule has 1 fully saturated rings. The highest BCUT2D eigenvalue weighted by Gasteiger charge is 2.30. The molecule has 1 aliphatic rings. The van der Waals surface area contributed by atoms with E-state index in [9.17, 15) is 21.6 Å². The van der Waals surface area contributed by atoms with Crippen molar-refractivity contribution in [3.05, 3.63) is 29.8 Å². The second-order valence-electron chi connectivity index (χ2n) is 6.31. The molecule has 0 saturated carbocycles. The van der Waals surface area contributed by atoms with Gasteiger partial charge in [-0.25, -0.2) is 13.1 Å². The average Bonchev–Trinajstić information content (AvgIpc) is 2.67. The molecule has 1 saturated heterocycles. The zero-order chi connectivity index (χ0) is 20.9. The maximum Gasteiger partial charge on any atom is 0.281 e. The van der Waals surface area contributed by atoms with Gasteiger partial charge in [0.25, 0.3) is 16.1 Å². The van der Waals surface area contributed by atoms with Crippen LogP contribution in [0.3, 0.4) is 0 Å². The molecule has 10 nitrogen and oxygen atoms in total. The lowest BCUT2D eigenvalue weighted by molar-refractivity contribution is 0.0695. The number of nitrogens with zero attached hydrogens (tertiary/aromatic N) is 4. The SMILES string of the molecule is CN(C)S(=O)(=O)N1CCN(C(=O)c2ccc(S(=O)(=O)NCCC#N)cc2)CC1. The van der Waals surface area contributed by atoms with Gasteiger partial charge >= 0.3 is 0 Å². The molecule has 0 unspecified atom stereocenters. The smallest absolute Gasteiger partial charge is 0.281 e. The number of nitrogens with one attached hydrogen (secondary N) is 1. The monoisotopic (exact) mass is 429 g/mol. The van der Waals surface area contributed by atoms with Crippen molar-refractivity contribution in [1.29, 1.82) is 5.26 Å². The number of hydrogen-bond acceptors (Lipinski definition) is 6. The maximum atomic E-state index is 12.6. The summed E-state index contributed by atoms with van der Waals surface area (Å²) in [5, 5.41) is 8.48. The number of hydrogen-bond donors (Lipinski definition) is 1. The summed E-state index contributed by atoms with van der Waals surface area (Å²) in [6, 6.07) is 7.35. The van der Waals surface area contributed by atoms with E-state index in [1.165, 1.54) is 47.6 Å². The second kappa shape index (κ2) is 8.97. The predicted molar refractivity (Wildman–Crippen MR) is 102 cm³/mol. The molecule has 2 rings (SSSR count). The lowest BCUT2D eigenvalue weighted by atomic mass is 10.2. The molecule has 12 heteroatoms. The van der Waals surface area contributed by atoms with Crippen LogP contribution in [-0.2, 0) is 20.2 Å². The minimum atomic E-state index is -3.74. The Kier molecular flexibility index (Phi) is 7.13. The largest absolute Gasteiger partial charge is 0.336 e. The van der Waals surface area contributed by atoms with Crippen molar-refractivity contribution in [2.24, 2.45) is 0 Å². The van der Waals surface area contributed by atoms with E-state index in [-0.39, 0.29) is 49.9 Å². The van der Waals surface area contributed by atoms with Crippen molar-refractivity contribution in [3.63, 3.8) is 0 Å². The molecular formula is C16H23N5O5S2. The van der Waals surface area contributed by atoms with E-state index in [0.717, 1.165) is 4.31 Å². The third-order valence-corrected chi connectivity index (χ3v) is 7.67. The molecule has 0 atom stereocenters. The Morgan fingerprint density at radius 3 is 2.18 bits per heavy atom. The highest BCUT2D eigenvalue weighted by Crippen LogP contribution is 2.15. The third kappa shape index (κ3) is 5.06. The normalized spacial score (nSPS) is 16.1. The van der Waals surface area contributed by atoms with Crippen molar-refractivity contribution in [1.82, 2.24) is 18.2 Å². The lowest BCUT2D eigenvalue weighted by Gasteiger charge is -2.35. The number of sulfonamides is 1. The highest BCUT2D eigenvalue weighted by molar-refractivity contribution is 7.89. The van der Waals surface area contributed by atoms with Crippen LogP contribution >= 0.6 is 0 Å². The molecule has 1 amide bonds. The Morgan fingerprint density at radius 1 is 1.11 bits per heavy atom. The van der Waals surface area contributed by atoms with E-state index < -0.39 is 20.2 Å². The number of carbonyl (C=O) groups excluding carboxylic acids is 1. The zero-order valence-electron chi connectivity index (χ0n) is 15.7. The number of benzene rings is 1. The second-order valence-corrected chi connectivity index (χ2v) is 10.2. The molecule has 1 N–H and O–H groups in total. The first-order valence-corrected chi connectivity index (χ1v) is 11.4. The summed E-state index contributed by atoms with van der Waals surface area (Å²) in [5.74, 6) is -0.289. The molecule has 1 heterocycles. The summed E-state index contributed by atoms with van der Waals surface area (Å²) in [4.78, 5) is 14.1. The Bertz CT molecular complexity index is 944. The summed E-state index contributed by atoms with van der Waals surface area (Å²) >= 11 is 0. The van der Waals surface area contributed by atoms with E-state index in [1.807, 2.05) is 6.07 Å². The van der Waals surface area contributed by atoms with Gasteiger partial charge in [0.15, 0.2) is 0 Å². The molecule has 1 aliphatic heterocycles. The molecule has 0 spiro atoms. The maximum absolute atomic E-state index is 12.6. The fraction of sp³-hybridized carbons (Fsp3) is 0.500. The van der Waals surface area contributed by atoms with Crippen LogP contribution < -0.4 is 4.72 Å². The summed E-state index contributed by atoms with van der Waals surface area (Å²) in [5.41, 5.74) is 0.319. The molecular weight excluding hydrogens is 406 g/mol. The van der Waals surface area contributed by atoms with Gasteiger partial charge in [0.05, 0.1) is 11.0 Å². The number of piperazine rings is 1. The number of carbonyl (C=O) groups is 1. The Morgan fingerprint density at radius 2 is 1.68 bits per heavy atom. The van der Waals surface area contributed by atoms with E-state index >= 15 is 0 Å². The van der Waals surface area contributed by atoms with Gasteiger partial charge in [-0.15, -0.1) is 0 Å². The minimum Gasteiger partial charge on any atom is -0.336 e. The fourth-order valence-corrected chi connectivity index (χ4v) is 4.76. The first-order valence-electron chi connectivity index (χ1n) is 8.53. The highest BCUT2D eigenvalue weighted by atomic mass is 32.2. The number of amides is 1. The third-order valence-electron chi connectivity index (χ3n) is 4.25. The summed E-state index contributed by atoms with van der Waals surface area (Å²) in [6.45, 7) is 0.909. The summed E-state index contributed by atoms with van der Waals surface area (Å²) in [6.07, 6.45) is 0.0608. The van der Waals surface area contributed by atoms with Crippen LogP contribution in [0.1, 0.15) is 16.8 Å². The molecule has 0 aliphatic carbocycles. The molecule has 28 heavy (non-hydrogen) atoms.